The Morgan fingerprint density at radius 1 is 0.933 bits per heavy atom. The summed E-state index contributed by atoms with van der Waals surface area (Å²) in [5.74, 6) is 0.195. The summed E-state index contributed by atoms with van der Waals surface area (Å²) < 4.78 is 5.41. The third kappa shape index (κ3) is 5.84. The van der Waals surface area contributed by atoms with Crippen molar-refractivity contribution in [2.75, 3.05) is 11.9 Å². The van der Waals surface area contributed by atoms with Crippen molar-refractivity contribution >= 4 is 29.1 Å². The van der Waals surface area contributed by atoms with Crippen LogP contribution in [0.4, 0.5) is 5.69 Å². The molecule has 0 bridgehead atoms. The highest BCUT2D eigenvalue weighted by Crippen LogP contribution is 2.22. The number of hydrogen-bond acceptors (Lipinski definition) is 3. The lowest BCUT2D eigenvalue weighted by Crippen LogP contribution is -2.31. The van der Waals surface area contributed by atoms with E-state index in [0.717, 1.165) is 11.3 Å². The zero-order chi connectivity index (χ0) is 21.3. The molecule has 1 atom stereocenters. The van der Waals surface area contributed by atoms with Gasteiger partial charge in [0, 0.05) is 5.69 Å². The van der Waals surface area contributed by atoms with Crippen LogP contribution in [0.2, 0.25) is 5.02 Å². The molecule has 0 aliphatic carbocycles. The van der Waals surface area contributed by atoms with Crippen molar-refractivity contribution in [2.45, 2.75) is 19.4 Å². The molecule has 0 aromatic heterocycles. The van der Waals surface area contributed by atoms with Gasteiger partial charge in [-0.05, 0) is 48.9 Å². The summed E-state index contributed by atoms with van der Waals surface area (Å²) >= 11 is 6.15. The van der Waals surface area contributed by atoms with Gasteiger partial charge in [-0.2, -0.15) is 0 Å². The third-order valence-electron chi connectivity index (χ3n) is 4.46. The molecule has 30 heavy (non-hydrogen) atoms. The summed E-state index contributed by atoms with van der Waals surface area (Å²) in [4.78, 5) is 25.4. The number of halogens is 1. The molecule has 3 aromatic carbocycles. The smallest absolute Gasteiger partial charge is 0.253 e. The van der Waals surface area contributed by atoms with E-state index in [-0.39, 0.29) is 18.2 Å². The first-order valence-electron chi connectivity index (χ1n) is 9.70. The molecule has 0 heterocycles. The summed E-state index contributed by atoms with van der Waals surface area (Å²) in [6.07, 6.45) is 0.0768. The Hall–Kier alpha value is -3.31. The number of rotatable bonds is 8. The second kappa shape index (κ2) is 10.5. The van der Waals surface area contributed by atoms with Crippen LogP contribution < -0.4 is 15.4 Å². The Bertz CT molecular complexity index is 991. The maximum Gasteiger partial charge on any atom is 0.253 e. The molecule has 0 aliphatic heterocycles. The first kappa shape index (κ1) is 21.4. The van der Waals surface area contributed by atoms with Gasteiger partial charge in [0.25, 0.3) is 5.91 Å². The van der Waals surface area contributed by atoms with E-state index in [9.17, 15) is 9.59 Å². The number of amides is 2. The predicted octanol–water partition coefficient (Wildman–Crippen LogP) is 5.24. The maximum atomic E-state index is 12.7. The van der Waals surface area contributed by atoms with Crippen molar-refractivity contribution in [3.05, 3.63) is 95.0 Å². The number of hydrogen-bond donors (Lipinski definition) is 2. The molecule has 0 unspecified atom stereocenters. The average Bonchev–Trinajstić information content (AvgIpc) is 2.75. The molecule has 5 nitrogen and oxygen atoms in total. The normalized spacial score (nSPS) is 11.4. The van der Waals surface area contributed by atoms with Gasteiger partial charge in [0.1, 0.15) is 5.75 Å². The highest BCUT2D eigenvalue weighted by molar-refractivity contribution is 6.33. The summed E-state index contributed by atoms with van der Waals surface area (Å²) in [6.45, 7) is 2.49. The summed E-state index contributed by atoms with van der Waals surface area (Å²) in [5.41, 5.74) is 1.86. The van der Waals surface area contributed by atoms with Crippen LogP contribution in [0, 0.1) is 0 Å². The lowest BCUT2D eigenvalue weighted by atomic mass is 10.0. The molecule has 0 saturated carbocycles. The van der Waals surface area contributed by atoms with E-state index in [0.29, 0.717) is 22.9 Å². The van der Waals surface area contributed by atoms with Gasteiger partial charge in [0.2, 0.25) is 5.91 Å². The molecule has 0 radical (unpaired) electrons. The van der Waals surface area contributed by atoms with E-state index >= 15 is 0 Å². The van der Waals surface area contributed by atoms with Crippen molar-refractivity contribution < 1.29 is 14.3 Å². The van der Waals surface area contributed by atoms with Gasteiger partial charge in [0.05, 0.1) is 29.7 Å². The molecule has 3 rings (SSSR count). The van der Waals surface area contributed by atoms with E-state index in [2.05, 4.69) is 10.6 Å². The second-order valence-electron chi connectivity index (χ2n) is 6.63. The number of ether oxygens (including phenoxy) is 1. The Kier molecular flexibility index (Phi) is 7.46. The average molecular weight is 423 g/mol. The number of benzene rings is 3. The number of nitrogens with one attached hydrogen (secondary N) is 2. The number of anilines is 1. The Morgan fingerprint density at radius 2 is 1.60 bits per heavy atom. The Labute approximate surface area is 181 Å². The van der Waals surface area contributed by atoms with Gasteiger partial charge < -0.3 is 15.4 Å². The molecular formula is C24H23ClN2O3. The lowest BCUT2D eigenvalue weighted by molar-refractivity contribution is -0.116. The van der Waals surface area contributed by atoms with Crippen molar-refractivity contribution in [3.63, 3.8) is 0 Å². The van der Waals surface area contributed by atoms with Gasteiger partial charge >= 0.3 is 0 Å². The Morgan fingerprint density at radius 3 is 2.27 bits per heavy atom. The van der Waals surface area contributed by atoms with Crippen LogP contribution in [0.1, 0.15) is 35.3 Å². The zero-order valence-electron chi connectivity index (χ0n) is 16.6. The van der Waals surface area contributed by atoms with Crippen LogP contribution >= 0.6 is 11.6 Å². The first-order valence-corrected chi connectivity index (χ1v) is 10.1. The van der Waals surface area contributed by atoms with E-state index in [4.69, 9.17) is 16.3 Å². The van der Waals surface area contributed by atoms with Crippen LogP contribution in [0.3, 0.4) is 0 Å². The predicted molar refractivity (Wildman–Crippen MR) is 119 cm³/mol. The number of carbonyl (C=O) groups excluding carboxylic acids is 2. The van der Waals surface area contributed by atoms with Crippen molar-refractivity contribution in [1.82, 2.24) is 5.32 Å². The van der Waals surface area contributed by atoms with Gasteiger partial charge in [-0.25, -0.2) is 0 Å². The van der Waals surface area contributed by atoms with Crippen molar-refractivity contribution in [2.24, 2.45) is 0 Å². The van der Waals surface area contributed by atoms with Gasteiger partial charge in [0.15, 0.2) is 0 Å². The van der Waals surface area contributed by atoms with Crippen LogP contribution in [-0.4, -0.2) is 18.4 Å². The van der Waals surface area contributed by atoms with E-state index in [1.54, 1.807) is 48.5 Å². The molecule has 154 valence electrons. The molecule has 0 aliphatic rings. The fourth-order valence-electron chi connectivity index (χ4n) is 3.02. The summed E-state index contributed by atoms with van der Waals surface area (Å²) in [5, 5.41) is 6.15. The standard InChI is InChI=1S/C24H23ClN2O3/c1-2-30-19-14-12-18(13-15-19)26-23(28)16-22(17-8-4-3-5-9-17)27-24(29)20-10-6-7-11-21(20)25/h3-15,22H,2,16H2,1H3,(H,26,28)(H,27,29)/t22-/m1/s1. The highest BCUT2D eigenvalue weighted by atomic mass is 35.5. The minimum atomic E-state index is -0.502. The van der Waals surface area contributed by atoms with E-state index in [1.807, 2.05) is 37.3 Å². The fourth-order valence-corrected chi connectivity index (χ4v) is 3.24. The van der Waals surface area contributed by atoms with Gasteiger partial charge in [-0.3, -0.25) is 9.59 Å². The van der Waals surface area contributed by atoms with E-state index < -0.39 is 6.04 Å². The van der Waals surface area contributed by atoms with Crippen LogP contribution in [0.15, 0.2) is 78.9 Å². The molecule has 3 aromatic rings. The molecule has 2 amide bonds. The SMILES string of the molecule is CCOc1ccc(NC(=O)C[C@@H](NC(=O)c2ccccc2Cl)c2ccccc2)cc1. The number of carbonyl (C=O) groups is 2. The van der Waals surface area contributed by atoms with Gasteiger partial charge in [-0.1, -0.05) is 54.1 Å². The molecular weight excluding hydrogens is 400 g/mol. The largest absolute Gasteiger partial charge is 0.494 e. The first-order chi connectivity index (χ1) is 14.6. The highest BCUT2D eigenvalue weighted by Gasteiger charge is 2.20. The fraction of sp³-hybridized carbons (Fsp3) is 0.167. The molecule has 2 N–H and O–H groups in total. The topological polar surface area (TPSA) is 67.4 Å². The summed E-state index contributed by atoms with van der Waals surface area (Å²) in [7, 11) is 0. The molecule has 0 fully saturated rings. The van der Waals surface area contributed by atoms with E-state index in [1.165, 1.54) is 0 Å². The Balaban J connectivity index is 1.72. The second-order valence-corrected chi connectivity index (χ2v) is 7.03. The minimum absolute atomic E-state index is 0.0768. The molecule has 6 heteroatoms. The quantitative estimate of drug-likeness (QED) is 0.521. The zero-order valence-corrected chi connectivity index (χ0v) is 17.4. The monoisotopic (exact) mass is 422 g/mol. The summed E-state index contributed by atoms with van der Waals surface area (Å²) in [6, 6.07) is 22.9. The molecule has 0 saturated heterocycles. The van der Waals surface area contributed by atoms with Crippen LogP contribution in [0.25, 0.3) is 0 Å². The van der Waals surface area contributed by atoms with Gasteiger partial charge in [-0.15, -0.1) is 0 Å². The van der Waals surface area contributed by atoms with Crippen LogP contribution in [0.5, 0.6) is 5.75 Å². The maximum absolute atomic E-state index is 12.7. The molecule has 0 spiro atoms. The minimum Gasteiger partial charge on any atom is -0.494 e. The lowest BCUT2D eigenvalue weighted by Gasteiger charge is -2.19. The third-order valence-corrected chi connectivity index (χ3v) is 4.79. The van der Waals surface area contributed by atoms with Crippen molar-refractivity contribution in [3.8, 4) is 5.75 Å². The van der Waals surface area contributed by atoms with Crippen molar-refractivity contribution in [1.29, 1.82) is 0 Å². The van der Waals surface area contributed by atoms with Crippen LogP contribution in [-0.2, 0) is 4.79 Å².